The van der Waals surface area contributed by atoms with Crippen LogP contribution in [0.1, 0.15) is 38.8 Å². The average Bonchev–Trinajstić information content (AvgIpc) is 3.29. The van der Waals surface area contributed by atoms with Gasteiger partial charge in [-0.25, -0.2) is 5.57 Å². The van der Waals surface area contributed by atoms with Gasteiger partial charge in [0.1, 0.15) is 0 Å². The molecule has 0 saturated heterocycles. The van der Waals surface area contributed by atoms with Crippen molar-refractivity contribution in [2.45, 2.75) is 53.1 Å². The van der Waals surface area contributed by atoms with Crippen molar-refractivity contribution < 1.29 is 74.5 Å². The number of alkyl halides is 6. The van der Waals surface area contributed by atoms with Crippen LogP contribution in [0.5, 0.6) is 0 Å². The largest absolute Gasteiger partial charge is 1.00 e. The van der Waals surface area contributed by atoms with Crippen molar-refractivity contribution in [1.82, 2.24) is 0 Å². The second-order valence-corrected chi connectivity index (χ2v) is 18.3. The first kappa shape index (κ1) is 36.8. The van der Waals surface area contributed by atoms with E-state index < -0.39 is 23.5 Å². The van der Waals surface area contributed by atoms with Crippen LogP contribution < -0.4 is 24.8 Å². The first-order chi connectivity index (χ1) is 16.5. The van der Waals surface area contributed by atoms with Gasteiger partial charge in [0.15, 0.2) is 0 Å². The van der Waals surface area contributed by atoms with E-state index >= 15 is 0 Å². The Bertz CT molecular complexity index is 1270. The number of hydrogen-bond donors (Lipinski definition) is 0. The summed E-state index contributed by atoms with van der Waals surface area (Å²) in [6.45, 7) is 13.3. The summed E-state index contributed by atoms with van der Waals surface area (Å²) < 4.78 is 77.5. The van der Waals surface area contributed by atoms with Crippen LogP contribution in [0.4, 0.5) is 26.3 Å². The van der Waals surface area contributed by atoms with Gasteiger partial charge in [-0.05, 0) is 6.07 Å². The minimum absolute atomic E-state index is 0. The molecular formula is C28H28Cl2F6SiZr-2. The number of benzene rings is 2. The topological polar surface area (TPSA) is 0 Å². The van der Waals surface area contributed by atoms with Gasteiger partial charge in [0.2, 0.25) is 0 Å². The Balaban J connectivity index is 0.000000764. The van der Waals surface area contributed by atoms with Gasteiger partial charge in [0, 0.05) is 0 Å². The third-order valence-corrected chi connectivity index (χ3v) is 5.82. The van der Waals surface area contributed by atoms with Crippen LogP contribution in [0.15, 0.2) is 71.3 Å². The van der Waals surface area contributed by atoms with Crippen molar-refractivity contribution in [1.29, 1.82) is 0 Å². The summed E-state index contributed by atoms with van der Waals surface area (Å²) in [5.41, 5.74) is 2.07. The van der Waals surface area contributed by atoms with Crippen molar-refractivity contribution in [3.63, 3.8) is 0 Å². The van der Waals surface area contributed by atoms with E-state index in [9.17, 15) is 26.3 Å². The molecule has 1 atom stereocenters. The first-order valence-electron chi connectivity index (χ1n) is 11.3. The molecule has 38 heavy (non-hydrogen) atoms. The molecule has 0 aliphatic heterocycles. The summed E-state index contributed by atoms with van der Waals surface area (Å²) in [6, 6.07) is 11.7. The average molecular weight is 669 g/mol. The van der Waals surface area contributed by atoms with Crippen molar-refractivity contribution in [3.8, 4) is 11.1 Å². The number of fused-ring (bicyclic) bond motifs is 1. The minimum Gasteiger partial charge on any atom is -1.00 e. The summed E-state index contributed by atoms with van der Waals surface area (Å²) in [5.74, 6) is 0.560. The number of hydrogen-bond acceptors (Lipinski definition) is 0. The molecule has 3 aromatic carbocycles. The summed E-state index contributed by atoms with van der Waals surface area (Å²) in [5, 5.41) is 1.37. The molecule has 0 aromatic heterocycles. The molecule has 3 aromatic rings. The summed E-state index contributed by atoms with van der Waals surface area (Å²) in [7, 11) is 0. The second kappa shape index (κ2) is 15.0. The van der Waals surface area contributed by atoms with Crippen LogP contribution in [0.3, 0.4) is 0 Å². The Morgan fingerprint density at radius 1 is 0.868 bits per heavy atom. The van der Waals surface area contributed by atoms with Gasteiger partial charge < -0.3 is 24.8 Å². The van der Waals surface area contributed by atoms with Crippen LogP contribution in [0, 0.1) is 12.0 Å². The van der Waals surface area contributed by atoms with Gasteiger partial charge in [-0.3, -0.25) is 6.08 Å². The van der Waals surface area contributed by atoms with E-state index in [0.29, 0.717) is 16.9 Å². The fourth-order valence-corrected chi connectivity index (χ4v) is 3.67. The first-order valence-corrected chi connectivity index (χ1v) is 17.4. The van der Waals surface area contributed by atoms with Crippen LogP contribution in [0.25, 0.3) is 21.9 Å². The van der Waals surface area contributed by atoms with Crippen molar-refractivity contribution >= 4 is 16.2 Å². The molecule has 1 aliphatic carbocycles. The predicted molar refractivity (Wildman–Crippen MR) is 132 cm³/mol. The standard InChI is InChI=1S/C17H9F6.C9H13.C2H6Si.2ClH.Zr/c18-16(19,20)12-7-11(8-13(9-12)17(21,22)23)15-6-5-10-3-1-2-4-14(10)15;1-6-5-7(2)9(4)8(6)3;1-3-2;;;/h1-9H;6H,1-4H3;1-2H3;2*1H;/q2*-1;;;;+2/p-2. The van der Waals surface area contributed by atoms with Gasteiger partial charge >= 0.3 is 54.2 Å². The van der Waals surface area contributed by atoms with E-state index in [1.165, 1.54) is 22.8 Å². The molecule has 0 amide bonds. The van der Waals surface area contributed by atoms with Crippen LogP contribution in [0.2, 0.25) is 13.1 Å². The van der Waals surface area contributed by atoms with Crippen molar-refractivity contribution in [3.05, 3.63) is 88.5 Å². The third kappa shape index (κ3) is 10.1. The maximum atomic E-state index is 12.9. The smallest absolute Gasteiger partial charge is 0.416 e. The molecule has 0 fully saturated rings. The Kier molecular flexibility index (Phi) is 14.5. The van der Waals surface area contributed by atoms with Crippen molar-refractivity contribution in [2.75, 3.05) is 0 Å². The Morgan fingerprint density at radius 3 is 1.71 bits per heavy atom. The Labute approximate surface area is 248 Å². The SMILES string of the molecule is CC1=[C-]C(C)C(C)=C1C.C[Si](C)=[Zr+2].FC(F)(F)c1cc(-c2c[cH-]c3ccccc23)cc(C(F)(F)F)c1.[Cl-].[Cl-]. The molecule has 0 saturated carbocycles. The molecular weight excluding hydrogens is 641 g/mol. The normalized spacial score (nSPS) is 14.9. The Morgan fingerprint density at radius 2 is 1.34 bits per heavy atom. The van der Waals surface area contributed by atoms with Gasteiger partial charge in [-0.1, -0.05) is 50.5 Å². The maximum absolute atomic E-state index is 12.9. The zero-order valence-electron chi connectivity index (χ0n) is 21.8. The molecule has 10 heteroatoms. The zero-order chi connectivity index (χ0) is 27.4. The molecule has 4 rings (SSSR count). The minimum atomic E-state index is -4.85. The summed E-state index contributed by atoms with van der Waals surface area (Å²) in [4.78, 5) is 0. The van der Waals surface area contributed by atoms with Crippen molar-refractivity contribution in [2.24, 2.45) is 5.92 Å². The molecule has 1 aliphatic rings. The molecule has 0 radical (unpaired) electrons. The quantitative estimate of drug-likeness (QED) is 0.211. The van der Waals surface area contributed by atoms with Gasteiger partial charge in [-0.15, -0.1) is 53.6 Å². The van der Waals surface area contributed by atoms with Gasteiger partial charge in [0.25, 0.3) is 0 Å². The number of halogens is 8. The monoisotopic (exact) mass is 666 g/mol. The summed E-state index contributed by atoms with van der Waals surface area (Å²) in [6.07, 6.45) is -6.34. The van der Waals surface area contributed by atoms with Crippen LogP contribution in [-0.4, -0.2) is 5.43 Å². The second-order valence-electron chi connectivity index (χ2n) is 8.93. The molecule has 206 valence electrons. The molecule has 0 spiro atoms. The van der Waals surface area contributed by atoms with Gasteiger partial charge in [-0.2, -0.15) is 37.5 Å². The third-order valence-electron chi connectivity index (χ3n) is 5.82. The fourth-order valence-electron chi connectivity index (χ4n) is 3.67. The van der Waals surface area contributed by atoms with E-state index in [1.54, 1.807) is 53.7 Å². The number of allylic oxidation sites excluding steroid dienone is 4. The zero-order valence-corrected chi connectivity index (χ0v) is 26.8. The van der Waals surface area contributed by atoms with Crippen LogP contribution in [-0.2, 0) is 35.7 Å². The molecule has 0 bridgehead atoms. The molecule has 0 N–H and O–H groups in total. The molecule has 1 unspecified atom stereocenters. The van der Waals surface area contributed by atoms with Gasteiger partial charge in [0.05, 0.1) is 11.1 Å². The number of rotatable bonds is 1. The summed E-state index contributed by atoms with van der Waals surface area (Å²) >= 11 is 1.74. The molecule has 0 heterocycles. The molecule has 0 nitrogen and oxygen atoms in total. The van der Waals surface area contributed by atoms with E-state index in [0.717, 1.165) is 17.5 Å². The fraction of sp³-hybridized carbons (Fsp3) is 0.321. The van der Waals surface area contributed by atoms with Crippen LogP contribution >= 0.6 is 0 Å². The van der Waals surface area contributed by atoms with E-state index in [-0.39, 0.29) is 41.9 Å². The predicted octanol–water partition coefficient (Wildman–Crippen LogP) is 3.78. The maximum Gasteiger partial charge on any atom is 0.416 e. The van der Waals surface area contributed by atoms with E-state index in [1.807, 2.05) is 0 Å². The Hall–Kier alpha value is -1.21. The van der Waals surface area contributed by atoms with E-state index in [2.05, 4.69) is 46.9 Å². The van der Waals surface area contributed by atoms with E-state index in [4.69, 9.17) is 0 Å².